The molecule has 2 aromatic rings. The lowest BCUT2D eigenvalue weighted by Crippen LogP contribution is -2.57. The van der Waals surface area contributed by atoms with Crippen molar-refractivity contribution in [3.05, 3.63) is 76.3 Å². The Hall–Kier alpha value is -2.10. The van der Waals surface area contributed by atoms with Crippen molar-refractivity contribution in [2.24, 2.45) is 11.8 Å². The lowest BCUT2D eigenvalue weighted by molar-refractivity contribution is -0.0150. The van der Waals surface area contributed by atoms with E-state index in [1.54, 1.807) is 0 Å². The van der Waals surface area contributed by atoms with Crippen molar-refractivity contribution in [2.45, 2.75) is 31.3 Å². The number of hydrogen-bond acceptors (Lipinski definition) is 3. The second-order valence-corrected chi connectivity index (χ2v) is 8.65. The highest BCUT2D eigenvalue weighted by Crippen LogP contribution is 2.50. The molecule has 4 saturated heterocycles. The molecular formula is C24H24ClNO2. The minimum absolute atomic E-state index is 0.216. The molecule has 4 aliphatic rings. The summed E-state index contributed by atoms with van der Waals surface area (Å²) in [7, 11) is 0. The fourth-order valence-electron chi connectivity index (χ4n) is 5.44. The molecule has 0 aromatic heterocycles. The molecule has 0 radical (unpaired) electrons. The molecule has 0 N–H and O–H groups in total. The molecule has 5 atom stereocenters. The standard InChI is InChI=1S/C24H24ClNO2/c25-19-8-4-5-16(12-19)11-18-14-26-20-9-10-23(26)22(21(18)13-20)15-28-24(27)17-6-2-1-3-7-17/h1-8,11-12,20-23H,9-10,13-15H2/b18-11+/t20-,21+,22-,23+/m0/s1. The molecule has 28 heavy (non-hydrogen) atoms. The molecule has 4 heterocycles. The Morgan fingerprint density at radius 2 is 2.00 bits per heavy atom. The highest BCUT2D eigenvalue weighted by Gasteiger charge is 2.52. The molecular weight excluding hydrogens is 370 g/mol. The zero-order valence-electron chi connectivity index (χ0n) is 15.8. The van der Waals surface area contributed by atoms with Gasteiger partial charge in [0.15, 0.2) is 0 Å². The quantitative estimate of drug-likeness (QED) is 0.680. The Bertz CT molecular complexity index is 910. The van der Waals surface area contributed by atoms with Crippen LogP contribution in [0.1, 0.15) is 35.2 Å². The second-order valence-electron chi connectivity index (χ2n) is 8.22. The Kier molecular flexibility index (Phi) is 4.73. The molecule has 0 spiro atoms. The second kappa shape index (κ2) is 7.38. The van der Waals surface area contributed by atoms with Gasteiger partial charge >= 0.3 is 5.97 Å². The van der Waals surface area contributed by atoms with Gasteiger partial charge in [0.2, 0.25) is 0 Å². The number of carbonyl (C=O) groups is 1. The van der Waals surface area contributed by atoms with Gasteiger partial charge in [0.05, 0.1) is 12.2 Å². The van der Waals surface area contributed by atoms with Gasteiger partial charge in [-0.15, -0.1) is 0 Å². The number of nitrogens with zero attached hydrogens (tertiary/aromatic N) is 1. The van der Waals surface area contributed by atoms with Crippen LogP contribution in [0, 0.1) is 11.8 Å². The summed E-state index contributed by atoms with van der Waals surface area (Å²) in [5.74, 6) is 0.655. The number of benzene rings is 2. The summed E-state index contributed by atoms with van der Waals surface area (Å²) in [5.41, 5.74) is 3.24. The summed E-state index contributed by atoms with van der Waals surface area (Å²) in [6.45, 7) is 1.54. The summed E-state index contributed by atoms with van der Waals surface area (Å²) in [6, 6.07) is 18.6. The predicted octanol–water partition coefficient (Wildman–Crippen LogP) is 5.06. The number of fused-ring (bicyclic) bond motifs is 1. The first-order valence-electron chi connectivity index (χ1n) is 10.1. The van der Waals surface area contributed by atoms with Gasteiger partial charge in [0.1, 0.15) is 0 Å². The van der Waals surface area contributed by atoms with Crippen LogP contribution < -0.4 is 0 Å². The smallest absolute Gasteiger partial charge is 0.338 e. The van der Waals surface area contributed by atoms with Gasteiger partial charge in [-0.05, 0) is 55.0 Å². The van der Waals surface area contributed by atoms with E-state index in [9.17, 15) is 4.79 Å². The van der Waals surface area contributed by atoms with Gasteiger partial charge in [0.25, 0.3) is 0 Å². The first-order valence-corrected chi connectivity index (χ1v) is 10.5. The molecule has 6 rings (SSSR count). The van der Waals surface area contributed by atoms with Gasteiger partial charge in [-0.25, -0.2) is 4.79 Å². The van der Waals surface area contributed by atoms with Crippen molar-refractivity contribution >= 4 is 23.6 Å². The molecule has 4 bridgehead atoms. The Morgan fingerprint density at radius 1 is 1.14 bits per heavy atom. The SMILES string of the molecule is O=C(OC[C@H]1[C@@H]2C[C@@H]3CC[C@H]1N3C/C2=C\c1cccc(Cl)c1)c1ccccc1. The third-order valence-corrected chi connectivity index (χ3v) is 6.92. The zero-order chi connectivity index (χ0) is 19.1. The first-order chi connectivity index (χ1) is 13.7. The summed E-state index contributed by atoms with van der Waals surface area (Å²) in [4.78, 5) is 15.1. The number of ether oxygens (including phenoxy) is 1. The molecule has 144 valence electrons. The van der Waals surface area contributed by atoms with E-state index < -0.39 is 0 Å². The largest absolute Gasteiger partial charge is 0.462 e. The minimum atomic E-state index is -0.216. The molecule has 0 amide bonds. The summed E-state index contributed by atoms with van der Waals surface area (Å²) >= 11 is 6.17. The fourth-order valence-corrected chi connectivity index (χ4v) is 5.63. The minimum Gasteiger partial charge on any atom is -0.462 e. The maximum Gasteiger partial charge on any atom is 0.338 e. The highest BCUT2D eigenvalue weighted by molar-refractivity contribution is 6.30. The number of carbonyl (C=O) groups excluding carboxylic acids is 1. The number of piperidine rings is 3. The van der Waals surface area contributed by atoms with Gasteiger partial charge < -0.3 is 4.74 Å². The topological polar surface area (TPSA) is 29.5 Å². The number of hydrogen-bond donors (Lipinski definition) is 0. The van der Waals surface area contributed by atoms with Gasteiger partial charge in [-0.2, -0.15) is 0 Å². The maximum absolute atomic E-state index is 12.4. The van der Waals surface area contributed by atoms with Crippen molar-refractivity contribution in [1.29, 1.82) is 0 Å². The van der Waals surface area contributed by atoms with Crippen LogP contribution in [-0.2, 0) is 4.74 Å². The average molecular weight is 394 g/mol. The van der Waals surface area contributed by atoms with Crippen LogP contribution in [0.4, 0.5) is 0 Å². The van der Waals surface area contributed by atoms with Crippen molar-refractivity contribution in [2.75, 3.05) is 13.2 Å². The fraction of sp³-hybridized carbons (Fsp3) is 0.375. The molecule has 0 saturated carbocycles. The van der Waals surface area contributed by atoms with E-state index in [-0.39, 0.29) is 5.97 Å². The van der Waals surface area contributed by atoms with Crippen molar-refractivity contribution in [1.82, 2.24) is 4.90 Å². The summed E-state index contributed by atoms with van der Waals surface area (Å²) < 4.78 is 5.77. The normalized spacial score (nSPS) is 31.9. The number of esters is 1. The van der Waals surface area contributed by atoms with Gasteiger partial charge in [0, 0.05) is 29.6 Å². The van der Waals surface area contributed by atoms with E-state index in [1.807, 2.05) is 48.5 Å². The van der Waals surface area contributed by atoms with Crippen LogP contribution in [0.15, 0.2) is 60.2 Å². The van der Waals surface area contributed by atoms with Crippen LogP contribution >= 0.6 is 11.6 Å². The van der Waals surface area contributed by atoms with Gasteiger partial charge in [-0.3, -0.25) is 4.90 Å². The molecule has 1 unspecified atom stereocenters. The van der Waals surface area contributed by atoms with Crippen LogP contribution in [0.25, 0.3) is 6.08 Å². The van der Waals surface area contributed by atoms with Crippen molar-refractivity contribution in [3.8, 4) is 0 Å². The highest BCUT2D eigenvalue weighted by atomic mass is 35.5. The van der Waals surface area contributed by atoms with Gasteiger partial charge in [-0.1, -0.05) is 53.6 Å². The third kappa shape index (κ3) is 3.27. The summed E-state index contributed by atoms with van der Waals surface area (Å²) in [6.07, 6.45) is 5.97. The van der Waals surface area contributed by atoms with Crippen molar-refractivity contribution in [3.63, 3.8) is 0 Å². The maximum atomic E-state index is 12.4. The van der Waals surface area contributed by atoms with E-state index in [0.717, 1.165) is 17.1 Å². The molecule has 4 heteroatoms. The third-order valence-electron chi connectivity index (χ3n) is 6.69. The number of halogens is 1. The van der Waals surface area contributed by atoms with E-state index in [4.69, 9.17) is 16.3 Å². The Morgan fingerprint density at radius 3 is 2.82 bits per heavy atom. The van der Waals surface area contributed by atoms with Crippen LogP contribution in [0.3, 0.4) is 0 Å². The van der Waals surface area contributed by atoms with E-state index in [0.29, 0.717) is 36.1 Å². The molecule has 2 aromatic carbocycles. The predicted molar refractivity (Wildman–Crippen MR) is 111 cm³/mol. The van der Waals surface area contributed by atoms with E-state index in [1.165, 1.54) is 24.8 Å². The molecule has 4 fully saturated rings. The lowest BCUT2D eigenvalue weighted by atomic mass is 9.71. The van der Waals surface area contributed by atoms with Crippen LogP contribution in [0.5, 0.6) is 0 Å². The average Bonchev–Trinajstić information content (AvgIpc) is 3.03. The Labute approximate surface area is 170 Å². The monoisotopic (exact) mass is 393 g/mol. The molecule has 0 aliphatic carbocycles. The van der Waals surface area contributed by atoms with Crippen LogP contribution in [-0.4, -0.2) is 36.1 Å². The van der Waals surface area contributed by atoms with E-state index >= 15 is 0 Å². The Balaban J connectivity index is 1.36. The molecule has 4 aliphatic heterocycles. The first kappa shape index (κ1) is 18.0. The molecule has 3 nitrogen and oxygen atoms in total. The van der Waals surface area contributed by atoms with Crippen molar-refractivity contribution < 1.29 is 9.53 Å². The number of rotatable bonds is 4. The summed E-state index contributed by atoms with van der Waals surface area (Å²) in [5, 5.41) is 0.768. The van der Waals surface area contributed by atoms with Crippen LogP contribution in [0.2, 0.25) is 5.02 Å². The van der Waals surface area contributed by atoms with E-state index in [2.05, 4.69) is 17.0 Å². The zero-order valence-corrected chi connectivity index (χ0v) is 16.5. The lowest BCUT2D eigenvalue weighted by Gasteiger charge is -2.51.